The number of furan rings is 1. The molecule has 106 valence electrons. The highest BCUT2D eigenvalue weighted by Crippen LogP contribution is 2.32. The van der Waals surface area contributed by atoms with Crippen LogP contribution in [0.1, 0.15) is 18.4 Å². The SMILES string of the molecule is Clc1cccc2cc(-c3cccc(CNC4CC4)c3)oc12. The zero-order chi connectivity index (χ0) is 14.2. The fraction of sp³-hybridized carbons (Fsp3) is 0.222. The smallest absolute Gasteiger partial charge is 0.153 e. The van der Waals surface area contributed by atoms with Crippen molar-refractivity contribution in [2.24, 2.45) is 0 Å². The summed E-state index contributed by atoms with van der Waals surface area (Å²) >= 11 is 6.18. The van der Waals surface area contributed by atoms with Crippen LogP contribution < -0.4 is 5.32 Å². The van der Waals surface area contributed by atoms with E-state index in [1.165, 1.54) is 18.4 Å². The van der Waals surface area contributed by atoms with E-state index in [0.717, 1.165) is 34.9 Å². The Labute approximate surface area is 128 Å². The molecule has 0 amide bonds. The standard InChI is InChI=1S/C18H16ClNO/c19-16-6-2-5-14-10-17(21-18(14)16)13-4-1-3-12(9-13)11-20-15-7-8-15/h1-6,9-10,15,20H,7-8,11H2. The summed E-state index contributed by atoms with van der Waals surface area (Å²) in [5, 5.41) is 5.23. The molecule has 1 heterocycles. The molecule has 21 heavy (non-hydrogen) atoms. The van der Waals surface area contributed by atoms with Crippen molar-refractivity contribution in [1.29, 1.82) is 0 Å². The van der Waals surface area contributed by atoms with Crippen LogP contribution in [0.25, 0.3) is 22.3 Å². The number of halogens is 1. The van der Waals surface area contributed by atoms with Gasteiger partial charge in [0.25, 0.3) is 0 Å². The zero-order valence-corrected chi connectivity index (χ0v) is 12.4. The minimum Gasteiger partial charge on any atom is -0.455 e. The maximum absolute atomic E-state index is 6.18. The van der Waals surface area contributed by atoms with Gasteiger partial charge in [0.2, 0.25) is 0 Å². The first-order valence-corrected chi connectivity index (χ1v) is 7.68. The van der Waals surface area contributed by atoms with Gasteiger partial charge in [-0.3, -0.25) is 0 Å². The summed E-state index contributed by atoms with van der Waals surface area (Å²) in [7, 11) is 0. The highest BCUT2D eigenvalue weighted by atomic mass is 35.5. The summed E-state index contributed by atoms with van der Waals surface area (Å²) in [4.78, 5) is 0. The van der Waals surface area contributed by atoms with Crippen molar-refractivity contribution in [3.8, 4) is 11.3 Å². The van der Waals surface area contributed by atoms with Gasteiger partial charge in [0.1, 0.15) is 5.76 Å². The monoisotopic (exact) mass is 297 g/mol. The topological polar surface area (TPSA) is 25.2 Å². The number of hydrogen-bond donors (Lipinski definition) is 1. The Morgan fingerprint density at radius 1 is 1.10 bits per heavy atom. The van der Waals surface area contributed by atoms with E-state index in [4.69, 9.17) is 16.0 Å². The molecule has 3 heteroatoms. The minimum atomic E-state index is 0.658. The van der Waals surface area contributed by atoms with Crippen molar-refractivity contribution in [3.63, 3.8) is 0 Å². The van der Waals surface area contributed by atoms with Gasteiger partial charge in [0.05, 0.1) is 5.02 Å². The third-order valence-corrected chi connectivity index (χ3v) is 4.18. The van der Waals surface area contributed by atoms with Crippen LogP contribution in [0, 0.1) is 0 Å². The Balaban J connectivity index is 1.67. The van der Waals surface area contributed by atoms with Gasteiger partial charge in [-0.2, -0.15) is 0 Å². The molecule has 0 spiro atoms. The predicted octanol–water partition coefficient (Wildman–Crippen LogP) is 5.01. The number of nitrogens with one attached hydrogen (secondary N) is 1. The summed E-state index contributed by atoms with van der Waals surface area (Å²) in [6.07, 6.45) is 2.61. The molecule has 0 bridgehead atoms. The van der Waals surface area contributed by atoms with Crippen LogP contribution in [0.2, 0.25) is 5.02 Å². The summed E-state index contributed by atoms with van der Waals surface area (Å²) in [6, 6.07) is 17.1. The van der Waals surface area contributed by atoms with E-state index in [1.807, 2.05) is 18.2 Å². The van der Waals surface area contributed by atoms with Crippen LogP contribution in [-0.2, 0) is 6.54 Å². The molecule has 0 aliphatic heterocycles. The van der Waals surface area contributed by atoms with Crippen LogP contribution in [0.3, 0.4) is 0 Å². The largest absolute Gasteiger partial charge is 0.455 e. The van der Waals surface area contributed by atoms with Gasteiger partial charge in [0, 0.05) is 23.5 Å². The first kappa shape index (κ1) is 12.9. The molecule has 1 aromatic heterocycles. The first-order valence-electron chi connectivity index (χ1n) is 7.30. The molecule has 0 atom stereocenters. The fourth-order valence-corrected chi connectivity index (χ4v) is 2.77. The van der Waals surface area contributed by atoms with Gasteiger partial charge in [0.15, 0.2) is 5.58 Å². The van der Waals surface area contributed by atoms with E-state index in [9.17, 15) is 0 Å². The van der Waals surface area contributed by atoms with E-state index >= 15 is 0 Å². The normalized spacial score (nSPS) is 14.7. The van der Waals surface area contributed by atoms with Crippen LogP contribution in [0.4, 0.5) is 0 Å². The lowest BCUT2D eigenvalue weighted by Crippen LogP contribution is -2.15. The van der Waals surface area contributed by atoms with E-state index in [0.29, 0.717) is 5.02 Å². The number of para-hydroxylation sites is 1. The molecule has 2 nitrogen and oxygen atoms in total. The summed E-state index contributed by atoms with van der Waals surface area (Å²) in [5.41, 5.74) is 3.14. The number of hydrogen-bond acceptors (Lipinski definition) is 2. The summed E-state index contributed by atoms with van der Waals surface area (Å²) in [6.45, 7) is 0.916. The lowest BCUT2D eigenvalue weighted by molar-refractivity contribution is 0.631. The van der Waals surface area contributed by atoms with Gasteiger partial charge < -0.3 is 9.73 Å². The van der Waals surface area contributed by atoms with Gasteiger partial charge in [-0.05, 0) is 36.6 Å². The van der Waals surface area contributed by atoms with Crippen LogP contribution >= 0.6 is 11.6 Å². The molecule has 3 aromatic rings. The maximum atomic E-state index is 6.18. The van der Waals surface area contributed by atoms with Gasteiger partial charge >= 0.3 is 0 Å². The Hall–Kier alpha value is -1.77. The second-order valence-corrected chi connectivity index (χ2v) is 6.03. The average molecular weight is 298 g/mol. The van der Waals surface area contributed by atoms with Crippen LogP contribution in [0.5, 0.6) is 0 Å². The van der Waals surface area contributed by atoms with Crippen LogP contribution in [-0.4, -0.2) is 6.04 Å². The predicted molar refractivity (Wildman–Crippen MR) is 86.5 cm³/mol. The lowest BCUT2D eigenvalue weighted by Gasteiger charge is -2.04. The Bertz CT molecular complexity index is 789. The first-order chi connectivity index (χ1) is 10.3. The molecular weight excluding hydrogens is 282 g/mol. The molecule has 0 radical (unpaired) electrons. The molecule has 4 rings (SSSR count). The second-order valence-electron chi connectivity index (χ2n) is 5.62. The van der Waals surface area contributed by atoms with E-state index in [1.54, 1.807) is 0 Å². The van der Waals surface area contributed by atoms with Gasteiger partial charge in [-0.1, -0.05) is 41.9 Å². The van der Waals surface area contributed by atoms with Crippen molar-refractivity contribution in [2.75, 3.05) is 0 Å². The average Bonchev–Trinajstić information content (AvgIpc) is 3.23. The third-order valence-electron chi connectivity index (χ3n) is 3.88. The molecule has 2 aromatic carbocycles. The van der Waals surface area contributed by atoms with Crippen molar-refractivity contribution >= 4 is 22.6 Å². The molecule has 1 N–H and O–H groups in total. The molecule has 0 saturated heterocycles. The quantitative estimate of drug-likeness (QED) is 0.732. The molecule has 0 unspecified atom stereocenters. The van der Waals surface area contributed by atoms with Gasteiger partial charge in [-0.15, -0.1) is 0 Å². The number of benzene rings is 2. The van der Waals surface area contributed by atoms with Crippen molar-refractivity contribution < 1.29 is 4.42 Å². The lowest BCUT2D eigenvalue weighted by atomic mass is 10.1. The van der Waals surface area contributed by atoms with Crippen molar-refractivity contribution in [3.05, 3.63) is 59.1 Å². The molecular formula is C18H16ClNO. The molecule has 1 saturated carbocycles. The fourth-order valence-electron chi connectivity index (χ4n) is 2.55. The Morgan fingerprint density at radius 3 is 2.76 bits per heavy atom. The molecule has 1 aliphatic carbocycles. The maximum Gasteiger partial charge on any atom is 0.153 e. The Morgan fingerprint density at radius 2 is 1.95 bits per heavy atom. The summed E-state index contributed by atoms with van der Waals surface area (Å²) < 4.78 is 5.93. The number of rotatable bonds is 4. The highest BCUT2D eigenvalue weighted by molar-refractivity contribution is 6.34. The van der Waals surface area contributed by atoms with Crippen molar-refractivity contribution in [1.82, 2.24) is 5.32 Å². The van der Waals surface area contributed by atoms with Crippen molar-refractivity contribution in [2.45, 2.75) is 25.4 Å². The van der Waals surface area contributed by atoms with Crippen LogP contribution in [0.15, 0.2) is 52.9 Å². The summed E-state index contributed by atoms with van der Waals surface area (Å²) in [5.74, 6) is 0.867. The van der Waals surface area contributed by atoms with Gasteiger partial charge in [-0.25, -0.2) is 0 Å². The minimum absolute atomic E-state index is 0.658. The zero-order valence-electron chi connectivity index (χ0n) is 11.6. The Kier molecular flexibility index (Phi) is 3.21. The molecule has 1 fully saturated rings. The highest BCUT2D eigenvalue weighted by Gasteiger charge is 2.20. The van der Waals surface area contributed by atoms with E-state index < -0.39 is 0 Å². The van der Waals surface area contributed by atoms with E-state index in [2.05, 4.69) is 35.6 Å². The second kappa shape index (κ2) is 5.21. The third kappa shape index (κ3) is 2.69. The van der Waals surface area contributed by atoms with E-state index in [-0.39, 0.29) is 0 Å². The molecule has 1 aliphatic rings. The number of fused-ring (bicyclic) bond motifs is 1.